The zero-order chi connectivity index (χ0) is 21.0. The number of hydrogen-bond acceptors (Lipinski definition) is 6. The van der Waals surface area contributed by atoms with Gasteiger partial charge in [-0.15, -0.1) is 0 Å². The van der Waals surface area contributed by atoms with Crippen molar-refractivity contribution in [2.75, 3.05) is 13.7 Å². The number of carbonyl (C=O) groups is 2. The zero-order valence-corrected chi connectivity index (χ0v) is 17.3. The number of hydrogen-bond donors (Lipinski definition) is 0. The van der Waals surface area contributed by atoms with Gasteiger partial charge in [-0.1, -0.05) is 29.8 Å². The summed E-state index contributed by atoms with van der Waals surface area (Å²) in [7, 11) is 1.50. The van der Waals surface area contributed by atoms with E-state index in [0.29, 0.717) is 39.8 Å². The van der Waals surface area contributed by atoms with Crippen LogP contribution < -0.4 is 9.47 Å². The van der Waals surface area contributed by atoms with Crippen molar-refractivity contribution in [2.45, 2.75) is 13.5 Å². The number of ether oxygens (including phenoxy) is 2. The van der Waals surface area contributed by atoms with Gasteiger partial charge in [-0.2, -0.15) is 5.26 Å². The smallest absolute Gasteiger partial charge is 0.293 e. The lowest BCUT2D eigenvalue weighted by atomic mass is 10.1. The second kappa shape index (κ2) is 9.03. The number of benzene rings is 2. The molecule has 1 fully saturated rings. The molecule has 1 aliphatic heterocycles. The first-order valence-corrected chi connectivity index (χ1v) is 9.91. The first-order chi connectivity index (χ1) is 14.0. The van der Waals surface area contributed by atoms with Crippen LogP contribution >= 0.6 is 23.4 Å². The lowest BCUT2D eigenvalue weighted by Crippen LogP contribution is -2.27. The maximum absolute atomic E-state index is 12.8. The zero-order valence-electron chi connectivity index (χ0n) is 15.8. The van der Waals surface area contributed by atoms with Gasteiger partial charge in [0.15, 0.2) is 11.5 Å². The summed E-state index contributed by atoms with van der Waals surface area (Å²) in [5, 5.41) is 9.17. The van der Waals surface area contributed by atoms with Crippen LogP contribution in [0, 0.1) is 11.3 Å². The van der Waals surface area contributed by atoms with Crippen molar-refractivity contribution in [1.82, 2.24) is 4.90 Å². The van der Waals surface area contributed by atoms with Crippen molar-refractivity contribution < 1.29 is 19.1 Å². The molecule has 1 heterocycles. The highest BCUT2D eigenvalue weighted by Gasteiger charge is 2.35. The molecule has 0 spiro atoms. The molecule has 1 saturated heterocycles. The number of imide groups is 1. The fraction of sp³-hybridized carbons (Fsp3) is 0.190. The normalized spacial score (nSPS) is 15.0. The first-order valence-electron chi connectivity index (χ1n) is 8.72. The van der Waals surface area contributed by atoms with Gasteiger partial charge >= 0.3 is 0 Å². The maximum Gasteiger partial charge on any atom is 0.293 e. The van der Waals surface area contributed by atoms with Gasteiger partial charge in [-0.25, -0.2) is 0 Å². The minimum Gasteiger partial charge on any atom is -0.493 e. The molecule has 6 nitrogen and oxygen atoms in total. The fourth-order valence-electron chi connectivity index (χ4n) is 2.83. The van der Waals surface area contributed by atoms with Gasteiger partial charge < -0.3 is 9.47 Å². The van der Waals surface area contributed by atoms with Crippen LogP contribution in [0.5, 0.6) is 11.5 Å². The van der Waals surface area contributed by atoms with Gasteiger partial charge in [0.05, 0.1) is 41.8 Å². The average Bonchev–Trinajstić information content (AvgIpc) is 2.97. The molecule has 2 aromatic rings. The number of rotatable bonds is 6. The number of nitriles is 1. The van der Waals surface area contributed by atoms with E-state index in [1.54, 1.807) is 42.5 Å². The molecule has 2 aromatic carbocycles. The topological polar surface area (TPSA) is 79.6 Å². The summed E-state index contributed by atoms with van der Waals surface area (Å²) in [6.07, 6.45) is 1.59. The Morgan fingerprint density at radius 1 is 1.28 bits per heavy atom. The molecular weight excluding hydrogens is 412 g/mol. The molecule has 0 atom stereocenters. The summed E-state index contributed by atoms with van der Waals surface area (Å²) in [6, 6.07) is 12.3. The van der Waals surface area contributed by atoms with Crippen molar-refractivity contribution in [1.29, 1.82) is 5.26 Å². The maximum atomic E-state index is 12.8. The van der Waals surface area contributed by atoms with Crippen LogP contribution in [0.1, 0.15) is 23.6 Å². The Bertz CT molecular complexity index is 1050. The Labute approximate surface area is 177 Å². The van der Waals surface area contributed by atoms with Crippen molar-refractivity contribution in [3.63, 3.8) is 0 Å². The Morgan fingerprint density at radius 2 is 2.03 bits per heavy atom. The van der Waals surface area contributed by atoms with Crippen LogP contribution in [0.25, 0.3) is 6.08 Å². The summed E-state index contributed by atoms with van der Waals surface area (Å²) >= 11 is 7.12. The molecule has 0 aliphatic carbocycles. The lowest BCUT2D eigenvalue weighted by Gasteiger charge is -2.13. The average molecular weight is 429 g/mol. The van der Waals surface area contributed by atoms with Crippen molar-refractivity contribution in [2.24, 2.45) is 0 Å². The second-order valence-electron chi connectivity index (χ2n) is 6.00. The van der Waals surface area contributed by atoms with Gasteiger partial charge in [0.2, 0.25) is 0 Å². The van der Waals surface area contributed by atoms with E-state index in [0.717, 1.165) is 16.7 Å². The van der Waals surface area contributed by atoms with Crippen LogP contribution in [0.2, 0.25) is 5.02 Å². The van der Waals surface area contributed by atoms with E-state index in [-0.39, 0.29) is 11.4 Å². The summed E-state index contributed by atoms with van der Waals surface area (Å²) in [5.41, 5.74) is 1.65. The van der Waals surface area contributed by atoms with Crippen LogP contribution in [0.3, 0.4) is 0 Å². The Balaban J connectivity index is 1.88. The van der Waals surface area contributed by atoms with E-state index in [4.69, 9.17) is 21.1 Å². The minimum atomic E-state index is -0.420. The molecule has 1 aliphatic rings. The van der Waals surface area contributed by atoms with E-state index in [1.165, 1.54) is 7.11 Å². The Morgan fingerprint density at radius 3 is 2.72 bits per heavy atom. The SMILES string of the molecule is CCOc1c(Cl)cc(/C=C2/SC(=O)N(Cc3ccccc3C#N)C2=O)cc1OC. The third kappa shape index (κ3) is 4.39. The van der Waals surface area contributed by atoms with E-state index in [1.807, 2.05) is 6.92 Å². The number of methoxy groups -OCH3 is 1. The number of thioether (sulfide) groups is 1. The van der Waals surface area contributed by atoms with Gasteiger partial charge in [0, 0.05) is 0 Å². The van der Waals surface area contributed by atoms with Crippen molar-refractivity contribution >= 4 is 40.6 Å². The number of halogens is 1. The highest BCUT2D eigenvalue weighted by Crippen LogP contribution is 2.39. The van der Waals surface area contributed by atoms with E-state index < -0.39 is 11.1 Å². The summed E-state index contributed by atoms with van der Waals surface area (Å²) in [6.45, 7) is 2.31. The molecule has 0 saturated carbocycles. The number of carbonyl (C=O) groups excluding carboxylic acids is 2. The fourth-order valence-corrected chi connectivity index (χ4v) is 3.94. The number of nitrogens with zero attached hydrogens (tertiary/aromatic N) is 2. The van der Waals surface area contributed by atoms with Crippen molar-refractivity contribution in [3.05, 3.63) is 63.0 Å². The van der Waals surface area contributed by atoms with E-state index in [9.17, 15) is 14.9 Å². The molecule has 148 valence electrons. The first kappa shape index (κ1) is 20.8. The Hall–Kier alpha value is -2.95. The Kier molecular flexibility index (Phi) is 6.47. The van der Waals surface area contributed by atoms with Crippen LogP contribution in [0.15, 0.2) is 41.3 Å². The monoisotopic (exact) mass is 428 g/mol. The molecular formula is C21H17ClN2O4S. The van der Waals surface area contributed by atoms with Crippen LogP contribution in [-0.2, 0) is 11.3 Å². The summed E-state index contributed by atoms with van der Waals surface area (Å²) in [5.74, 6) is 0.444. The predicted molar refractivity (Wildman–Crippen MR) is 112 cm³/mol. The molecule has 0 aromatic heterocycles. The predicted octanol–water partition coefficient (Wildman–Crippen LogP) is 4.86. The van der Waals surface area contributed by atoms with Gasteiger partial charge in [-0.05, 0) is 54.1 Å². The third-order valence-electron chi connectivity index (χ3n) is 4.18. The van der Waals surface area contributed by atoms with Gasteiger partial charge in [-0.3, -0.25) is 14.5 Å². The van der Waals surface area contributed by atoms with Gasteiger partial charge in [0.1, 0.15) is 0 Å². The molecule has 0 bridgehead atoms. The molecule has 29 heavy (non-hydrogen) atoms. The largest absolute Gasteiger partial charge is 0.493 e. The minimum absolute atomic E-state index is 0.0408. The van der Waals surface area contributed by atoms with E-state index in [2.05, 4.69) is 6.07 Å². The molecule has 2 amide bonds. The van der Waals surface area contributed by atoms with Crippen LogP contribution in [-0.4, -0.2) is 29.8 Å². The summed E-state index contributed by atoms with van der Waals surface area (Å²) in [4.78, 5) is 26.6. The molecule has 3 rings (SSSR count). The standard InChI is InChI=1S/C21H17ClN2O4S/c1-3-28-19-16(22)8-13(9-17(19)27-2)10-18-20(25)24(21(26)29-18)12-15-7-5-4-6-14(15)11-23/h4-10H,3,12H2,1-2H3/b18-10+. The summed E-state index contributed by atoms with van der Waals surface area (Å²) < 4.78 is 10.8. The van der Waals surface area contributed by atoms with Gasteiger partial charge in [0.25, 0.3) is 11.1 Å². The quantitative estimate of drug-likeness (QED) is 0.611. The van der Waals surface area contributed by atoms with Crippen molar-refractivity contribution in [3.8, 4) is 17.6 Å². The van der Waals surface area contributed by atoms with E-state index >= 15 is 0 Å². The lowest BCUT2D eigenvalue weighted by molar-refractivity contribution is -0.123. The molecule has 0 radical (unpaired) electrons. The number of amides is 2. The van der Waals surface area contributed by atoms with Crippen LogP contribution in [0.4, 0.5) is 4.79 Å². The second-order valence-corrected chi connectivity index (χ2v) is 7.40. The molecule has 0 N–H and O–H groups in total. The third-order valence-corrected chi connectivity index (χ3v) is 5.37. The highest BCUT2D eigenvalue weighted by atomic mass is 35.5. The highest BCUT2D eigenvalue weighted by molar-refractivity contribution is 8.18. The molecule has 8 heteroatoms. The molecule has 0 unspecified atom stereocenters.